The molecule has 0 aromatic carbocycles. The Hall–Kier alpha value is -0.250. The number of aromatic nitrogens is 2. The zero-order valence-corrected chi connectivity index (χ0v) is 7.08. The van der Waals surface area contributed by atoms with Gasteiger partial charge in [-0.25, -0.2) is 4.98 Å². The molecule has 1 aromatic heterocycles. The average Bonchev–Trinajstić information content (AvgIpc) is 2.12. The van der Waals surface area contributed by atoms with E-state index in [2.05, 4.69) is 9.97 Å². The van der Waals surface area contributed by atoms with Gasteiger partial charge in [0.25, 0.3) is 0 Å². The molecule has 0 aliphatic rings. The Labute approximate surface area is 71.7 Å². The van der Waals surface area contributed by atoms with Crippen LogP contribution in [0.4, 0.5) is 0 Å². The maximum absolute atomic E-state index is 8.82. The number of imidazole rings is 1. The summed E-state index contributed by atoms with van der Waals surface area (Å²) < 4.78 is 0. The summed E-state index contributed by atoms with van der Waals surface area (Å²) in [5.74, 6) is 0.616. The smallest absolute Gasteiger partial charge is 0.134 e. The van der Waals surface area contributed by atoms with E-state index < -0.39 is 6.10 Å². The van der Waals surface area contributed by atoms with Gasteiger partial charge < -0.3 is 10.1 Å². The molecule has 3 nitrogen and oxygen atoms in total. The second-order valence-electron chi connectivity index (χ2n) is 1.65. The molecule has 0 amide bonds. The lowest BCUT2D eigenvalue weighted by atomic mass is 10.4. The van der Waals surface area contributed by atoms with Crippen LogP contribution in [0.1, 0.15) is 18.9 Å². The van der Waals surface area contributed by atoms with Gasteiger partial charge in [-0.1, -0.05) is 0 Å². The quantitative estimate of drug-likeness (QED) is 0.692. The van der Waals surface area contributed by atoms with Gasteiger partial charge in [0.15, 0.2) is 0 Å². The molecule has 0 saturated carbocycles. The summed E-state index contributed by atoms with van der Waals surface area (Å²) in [5.41, 5.74) is 0. The van der Waals surface area contributed by atoms with E-state index in [4.69, 9.17) is 5.11 Å². The lowest BCUT2D eigenvalue weighted by Gasteiger charge is -1.94. The molecule has 0 radical (unpaired) electrons. The molecule has 0 spiro atoms. The van der Waals surface area contributed by atoms with Crippen molar-refractivity contribution in [2.45, 2.75) is 13.0 Å². The van der Waals surface area contributed by atoms with E-state index in [1.807, 2.05) is 0 Å². The van der Waals surface area contributed by atoms with Crippen LogP contribution < -0.4 is 0 Å². The third-order valence-corrected chi connectivity index (χ3v) is 0.915. The molecule has 2 N–H and O–H groups in total. The number of nitrogens with zero attached hydrogens (tertiary/aromatic N) is 1. The first kappa shape index (κ1) is 12.4. The fraction of sp³-hybridized carbons (Fsp3) is 0.400. The molecule has 0 aliphatic heterocycles. The van der Waals surface area contributed by atoms with Crippen molar-refractivity contribution < 1.29 is 5.11 Å². The second-order valence-corrected chi connectivity index (χ2v) is 1.65. The standard InChI is InChI=1S/C5H8N2O.2ClH/c1-4(8)5-6-2-3-7-5;;/h2-4,8H,1H3,(H,6,7);2*1H. The van der Waals surface area contributed by atoms with Crippen LogP contribution in [0.3, 0.4) is 0 Å². The molecule has 0 fully saturated rings. The van der Waals surface area contributed by atoms with Crippen LogP contribution in [-0.2, 0) is 0 Å². The monoisotopic (exact) mass is 184 g/mol. The maximum Gasteiger partial charge on any atom is 0.134 e. The van der Waals surface area contributed by atoms with Gasteiger partial charge in [0.2, 0.25) is 0 Å². The van der Waals surface area contributed by atoms with Crippen molar-refractivity contribution in [3.63, 3.8) is 0 Å². The van der Waals surface area contributed by atoms with Crippen LogP contribution in [0.25, 0.3) is 0 Å². The highest BCUT2D eigenvalue weighted by molar-refractivity contribution is 5.85. The van der Waals surface area contributed by atoms with E-state index in [9.17, 15) is 0 Å². The van der Waals surface area contributed by atoms with Gasteiger partial charge in [0.1, 0.15) is 11.9 Å². The first-order valence-corrected chi connectivity index (χ1v) is 2.48. The number of aliphatic hydroxyl groups excluding tert-OH is 1. The molecule has 1 rings (SSSR count). The first-order valence-electron chi connectivity index (χ1n) is 2.48. The van der Waals surface area contributed by atoms with E-state index in [1.54, 1.807) is 19.3 Å². The van der Waals surface area contributed by atoms with E-state index in [0.29, 0.717) is 5.82 Å². The van der Waals surface area contributed by atoms with E-state index in [1.165, 1.54) is 0 Å². The summed E-state index contributed by atoms with van der Waals surface area (Å²) in [6, 6.07) is 0. The zero-order valence-electron chi connectivity index (χ0n) is 5.44. The maximum atomic E-state index is 8.82. The number of aromatic amines is 1. The second kappa shape index (κ2) is 5.53. The van der Waals surface area contributed by atoms with E-state index >= 15 is 0 Å². The fourth-order valence-electron chi connectivity index (χ4n) is 0.506. The number of aliphatic hydroxyl groups is 1. The summed E-state index contributed by atoms with van der Waals surface area (Å²) in [6.45, 7) is 1.67. The molecule has 0 bridgehead atoms. The Morgan fingerprint density at radius 3 is 2.40 bits per heavy atom. The highest BCUT2D eigenvalue weighted by Gasteiger charge is 1.98. The van der Waals surface area contributed by atoms with Crippen molar-refractivity contribution in [3.8, 4) is 0 Å². The average molecular weight is 185 g/mol. The SMILES string of the molecule is CC(O)c1ncc[nH]1.Cl.Cl. The third kappa shape index (κ3) is 3.06. The Kier molecular flexibility index (Phi) is 6.87. The van der Waals surface area contributed by atoms with Crippen molar-refractivity contribution in [3.05, 3.63) is 18.2 Å². The highest BCUT2D eigenvalue weighted by Crippen LogP contribution is 2.01. The van der Waals surface area contributed by atoms with Crippen molar-refractivity contribution >= 4 is 24.8 Å². The number of H-pyrrole nitrogens is 1. The van der Waals surface area contributed by atoms with Crippen LogP contribution in [-0.4, -0.2) is 15.1 Å². The number of hydrogen-bond donors (Lipinski definition) is 2. The minimum Gasteiger partial charge on any atom is -0.385 e. The largest absolute Gasteiger partial charge is 0.385 e. The summed E-state index contributed by atoms with van der Waals surface area (Å²) in [6.07, 6.45) is 2.81. The first-order chi connectivity index (χ1) is 3.80. The highest BCUT2D eigenvalue weighted by atomic mass is 35.5. The minimum absolute atomic E-state index is 0. The Morgan fingerprint density at radius 1 is 1.60 bits per heavy atom. The van der Waals surface area contributed by atoms with Crippen LogP contribution >= 0.6 is 24.8 Å². The minimum atomic E-state index is -0.481. The van der Waals surface area contributed by atoms with Crippen molar-refractivity contribution in [2.24, 2.45) is 0 Å². The van der Waals surface area contributed by atoms with Gasteiger partial charge in [-0.15, -0.1) is 24.8 Å². The molecule has 1 unspecified atom stereocenters. The molecule has 0 aliphatic carbocycles. The van der Waals surface area contributed by atoms with Crippen LogP contribution in [0.15, 0.2) is 12.4 Å². The third-order valence-electron chi connectivity index (χ3n) is 0.915. The Morgan fingerprint density at radius 2 is 2.20 bits per heavy atom. The van der Waals surface area contributed by atoms with Crippen LogP contribution in [0.5, 0.6) is 0 Å². The predicted octanol–water partition coefficient (Wildman–Crippen LogP) is 1.31. The van der Waals surface area contributed by atoms with Gasteiger partial charge in [0.05, 0.1) is 0 Å². The number of hydrogen-bond acceptors (Lipinski definition) is 2. The molecule has 0 saturated heterocycles. The number of halogens is 2. The molecule has 60 valence electrons. The number of nitrogens with one attached hydrogen (secondary N) is 1. The van der Waals surface area contributed by atoms with E-state index in [-0.39, 0.29) is 24.8 Å². The van der Waals surface area contributed by atoms with Gasteiger partial charge in [0, 0.05) is 12.4 Å². The van der Waals surface area contributed by atoms with Crippen molar-refractivity contribution in [2.75, 3.05) is 0 Å². The summed E-state index contributed by atoms with van der Waals surface area (Å²) >= 11 is 0. The van der Waals surface area contributed by atoms with Gasteiger partial charge >= 0.3 is 0 Å². The Bertz CT molecular complexity index is 153. The normalized spacial score (nSPS) is 11.0. The van der Waals surface area contributed by atoms with E-state index in [0.717, 1.165) is 0 Å². The predicted molar refractivity (Wildman–Crippen MR) is 43.7 cm³/mol. The van der Waals surface area contributed by atoms with Gasteiger partial charge in [-0.05, 0) is 6.92 Å². The molecule has 10 heavy (non-hydrogen) atoms. The summed E-state index contributed by atoms with van der Waals surface area (Å²) in [5, 5.41) is 8.82. The topological polar surface area (TPSA) is 48.9 Å². The van der Waals surface area contributed by atoms with Gasteiger partial charge in [-0.3, -0.25) is 0 Å². The van der Waals surface area contributed by atoms with Gasteiger partial charge in [-0.2, -0.15) is 0 Å². The molecular formula is C5H10Cl2N2O. The molecule has 1 aromatic rings. The lowest BCUT2D eigenvalue weighted by Crippen LogP contribution is -1.91. The molecule has 1 atom stereocenters. The fourth-order valence-corrected chi connectivity index (χ4v) is 0.506. The zero-order chi connectivity index (χ0) is 5.98. The lowest BCUT2D eigenvalue weighted by molar-refractivity contribution is 0.190. The molecule has 1 heterocycles. The van der Waals surface area contributed by atoms with Crippen LogP contribution in [0.2, 0.25) is 0 Å². The van der Waals surface area contributed by atoms with Crippen LogP contribution in [0, 0.1) is 0 Å². The summed E-state index contributed by atoms with van der Waals surface area (Å²) in [7, 11) is 0. The molecule has 5 heteroatoms. The Balaban J connectivity index is 0. The van der Waals surface area contributed by atoms with Crippen molar-refractivity contribution in [1.29, 1.82) is 0 Å². The van der Waals surface area contributed by atoms with Crippen molar-refractivity contribution in [1.82, 2.24) is 9.97 Å². The number of rotatable bonds is 1. The summed E-state index contributed by atoms with van der Waals surface area (Å²) in [4.78, 5) is 6.59. The molecular weight excluding hydrogens is 175 g/mol.